The van der Waals surface area contributed by atoms with Crippen LogP contribution >= 0.6 is 23.2 Å². The highest BCUT2D eigenvalue weighted by atomic mass is 35.5. The van der Waals surface area contributed by atoms with Gasteiger partial charge in [-0.3, -0.25) is 4.79 Å². The molecular formula is C8H7Cl2NO2. The molecule has 0 unspecified atom stereocenters. The predicted octanol–water partition coefficient (Wildman–Crippen LogP) is 2.42. The van der Waals surface area contributed by atoms with Gasteiger partial charge in [0.1, 0.15) is 0 Å². The Morgan fingerprint density at radius 1 is 1.46 bits per heavy atom. The molecule has 0 fully saturated rings. The second kappa shape index (κ2) is 4.35. The molecule has 0 radical (unpaired) electrons. The number of hydroxylamine groups is 1. The van der Waals surface area contributed by atoms with E-state index in [1.807, 2.05) is 0 Å². The molecule has 0 heterocycles. The molecule has 5 heteroatoms. The fourth-order valence-electron chi connectivity index (χ4n) is 0.685. The van der Waals surface area contributed by atoms with Crippen molar-refractivity contribution in [3.8, 4) is 5.75 Å². The average molecular weight is 220 g/mol. The summed E-state index contributed by atoms with van der Waals surface area (Å²) in [6, 6.07) is 4.71. The third-order valence-corrected chi connectivity index (χ3v) is 1.73. The van der Waals surface area contributed by atoms with Crippen molar-refractivity contribution >= 4 is 29.1 Å². The highest BCUT2D eigenvalue weighted by Crippen LogP contribution is 2.26. The van der Waals surface area contributed by atoms with Crippen LogP contribution in [0.4, 0.5) is 0 Å². The van der Waals surface area contributed by atoms with E-state index >= 15 is 0 Å². The van der Waals surface area contributed by atoms with E-state index in [0.717, 1.165) is 0 Å². The quantitative estimate of drug-likeness (QED) is 0.777. The van der Waals surface area contributed by atoms with E-state index in [9.17, 15) is 4.79 Å². The van der Waals surface area contributed by atoms with Gasteiger partial charge in [-0.2, -0.15) is 5.48 Å². The molecule has 0 aliphatic rings. The molecule has 1 rings (SSSR count). The first-order valence-electron chi connectivity index (χ1n) is 3.48. The van der Waals surface area contributed by atoms with Crippen LogP contribution in [-0.2, 0) is 4.79 Å². The van der Waals surface area contributed by atoms with Gasteiger partial charge in [0, 0.05) is 11.9 Å². The van der Waals surface area contributed by atoms with E-state index in [1.54, 1.807) is 12.1 Å². The van der Waals surface area contributed by atoms with Crippen molar-refractivity contribution in [2.45, 2.75) is 6.92 Å². The zero-order valence-corrected chi connectivity index (χ0v) is 8.32. The van der Waals surface area contributed by atoms with Crippen molar-refractivity contribution < 1.29 is 9.63 Å². The summed E-state index contributed by atoms with van der Waals surface area (Å²) < 4.78 is 0. The zero-order valence-electron chi connectivity index (χ0n) is 6.80. The van der Waals surface area contributed by atoms with Gasteiger partial charge in [-0.1, -0.05) is 23.2 Å². The van der Waals surface area contributed by atoms with Crippen molar-refractivity contribution in [2.75, 3.05) is 0 Å². The van der Waals surface area contributed by atoms with Gasteiger partial charge in [-0.15, -0.1) is 0 Å². The molecule has 1 aromatic rings. The highest BCUT2D eigenvalue weighted by Gasteiger charge is 2.02. The molecule has 1 aromatic carbocycles. The molecule has 1 amide bonds. The number of hydrogen-bond acceptors (Lipinski definition) is 2. The first-order chi connectivity index (χ1) is 6.09. The Balaban J connectivity index is 2.72. The first-order valence-corrected chi connectivity index (χ1v) is 4.23. The molecule has 70 valence electrons. The molecule has 0 aliphatic carbocycles. The Labute approximate surface area is 85.5 Å². The van der Waals surface area contributed by atoms with Crippen LogP contribution in [0.3, 0.4) is 0 Å². The maximum absolute atomic E-state index is 10.5. The molecule has 13 heavy (non-hydrogen) atoms. The van der Waals surface area contributed by atoms with Gasteiger partial charge in [0.25, 0.3) is 0 Å². The topological polar surface area (TPSA) is 38.3 Å². The SMILES string of the molecule is CC(=O)NOc1ccc(Cl)cc1Cl. The summed E-state index contributed by atoms with van der Waals surface area (Å²) >= 11 is 11.4. The molecule has 3 nitrogen and oxygen atoms in total. The fraction of sp³-hybridized carbons (Fsp3) is 0.125. The van der Waals surface area contributed by atoms with E-state index in [4.69, 9.17) is 28.0 Å². The Bertz CT molecular complexity index is 328. The smallest absolute Gasteiger partial charge is 0.249 e. The van der Waals surface area contributed by atoms with Gasteiger partial charge in [0.2, 0.25) is 5.91 Å². The van der Waals surface area contributed by atoms with Crippen LogP contribution < -0.4 is 10.3 Å². The predicted molar refractivity (Wildman–Crippen MR) is 50.9 cm³/mol. The molecule has 0 spiro atoms. The molecule has 0 saturated carbocycles. The van der Waals surface area contributed by atoms with Gasteiger partial charge in [-0.25, -0.2) is 0 Å². The van der Waals surface area contributed by atoms with Gasteiger partial charge in [0.05, 0.1) is 5.02 Å². The lowest BCUT2D eigenvalue weighted by molar-refractivity contribution is -0.125. The molecule has 0 aromatic heterocycles. The average Bonchev–Trinajstić information content (AvgIpc) is 2.02. The summed E-state index contributed by atoms with van der Waals surface area (Å²) in [4.78, 5) is 15.4. The van der Waals surface area contributed by atoms with Crippen molar-refractivity contribution in [3.63, 3.8) is 0 Å². The number of hydrogen-bond donors (Lipinski definition) is 1. The lowest BCUT2D eigenvalue weighted by Gasteiger charge is -2.06. The van der Waals surface area contributed by atoms with Gasteiger partial charge in [-0.05, 0) is 18.2 Å². The van der Waals surface area contributed by atoms with Crippen LogP contribution in [0.5, 0.6) is 5.75 Å². The third kappa shape index (κ3) is 3.13. The molecule has 0 atom stereocenters. The number of nitrogens with one attached hydrogen (secondary N) is 1. The van der Waals surface area contributed by atoms with E-state index in [2.05, 4.69) is 5.48 Å². The van der Waals surface area contributed by atoms with E-state index in [1.165, 1.54) is 13.0 Å². The Kier molecular flexibility index (Phi) is 3.39. The summed E-state index contributed by atoms with van der Waals surface area (Å²) in [6.45, 7) is 1.34. The lowest BCUT2D eigenvalue weighted by atomic mass is 10.3. The molecular weight excluding hydrogens is 213 g/mol. The standard InChI is InChI=1S/C8H7Cl2NO2/c1-5(12)11-13-8-3-2-6(9)4-7(8)10/h2-4H,1H3,(H,11,12). The van der Waals surface area contributed by atoms with Crippen molar-refractivity contribution in [1.29, 1.82) is 0 Å². The van der Waals surface area contributed by atoms with Crippen molar-refractivity contribution in [3.05, 3.63) is 28.2 Å². The van der Waals surface area contributed by atoms with Crippen LogP contribution in [-0.4, -0.2) is 5.91 Å². The minimum absolute atomic E-state index is 0.300. The molecule has 0 saturated heterocycles. The van der Waals surface area contributed by atoms with Crippen molar-refractivity contribution in [2.24, 2.45) is 0 Å². The largest absolute Gasteiger partial charge is 0.378 e. The van der Waals surface area contributed by atoms with E-state index in [0.29, 0.717) is 15.8 Å². The Hall–Kier alpha value is -0.930. The molecule has 1 N–H and O–H groups in total. The van der Waals surface area contributed by atoms with Crippen molar-refractivity contribution in [1.82, 2.24) is 5.48 Å². The van der Waals surface area contributed by atoms with Crippen LogP contribution in [0, 0.1) is 0 Å². The summed E-state index contributed by atoms with van der Waals surface area (Å²) in [6.07, 6.45) is 0. The second-order valence-corrected chi connectivity index (χ2v) is 3.18. The highest BCUT2D eigenvalue weighted by molar-refractivity contribution is 6.35. The minimum Gasteiger partial charge on any atom is -0.378 e. The van der Waals surface area contributed by atoms with Gasteiger partial charge in [0.15, 0.2) is 5.75 Å². The normalized spacial score (nSPS) is 9.46. The number of carbonyl (C=O) groups is 1. The Morgan fingerprint density at radius 3 is 2.69 bits per heavy atom. The van der Waals surface area contributed by atoms with Gasteiger partial charge >= 0.3 is 0 Å². The van der Waals surface area contributed by atoms with Crippen LogP contribution in [0.25, 0.3) is 0 Å². The minimum atomic E-state index is -0.300. The fourth-order valence-corrected chi connectivity index (χ4v) is 1.13. The molecule has 0 aliphatic heterocycles. The summed E-state index contributed by atoms with van der Waals surface area (Å²) in [7, 11) is 0. The number of rotatable bonds is 2. The van der Waals surface area contributed by atoms with Crippen LogP contribution in [0.1, 0.15) is 6.92 Å². The van der Waals surface area contributed by atoms with Gasteiger partial charge < -0.3 is 4.84 Å². The van der Waals surface area contributed by atoms with Crippen LogP contribution in [0.15, 0.2) is 18.2 Å². The second-order valence-electron chi connectivity index (χ2n) is 2.34. The summed E-state index contributed by atoms with van der Waals surface area (Å²) in [5.74, 6) is 0.0623. The molecule has 0 bridgehead atoms. The lowest BCUT2D eigenvalue weighted by Crippen LogP contribution is -2.23. The number of benzene rings is 1. The zero-order chi connectivity index (χ0) is 9.84. The summed E-state index contributed by atoms with van der Waals surface area (Å²) in [5.41, 5.74) is 2.16. The van der Waals surface area contributed by atoms with E-state index < -0.39 is 0 Å². The number of amides is 1. The first kappa shape index (κ1) is 10.2. The third-order valence-electron chi connectivity index (χ3n) is 1.20. The number of halogens is 2. The summed E-state index contributed by atoms with van der Waals surface area (Å²) in [5, 5.41) is 0.862. The maximum atomic E-state index is 10.5. The van der Waals surface area contributed by atoms with E-state index in [-0.39, 0.29) is 5.91 Å². The monoisotopic (exact) mass is 219 g/mol. The maximum Gasteiger partial charge on any atom is 0.249 e. The Morgan fingerprint density at radius 2 is 2.15 bits per heavy atom. The number of carbonyl (C=O) groups excluding carboxylic acids is 1. The van der Waals surface area contributed by atoms with Crippen LogP contribution in [0.2, 0.25) is 10.0 Å².